The van der Waals surface area contributed by atoms with E-state index in [1.54, 1.807) is 0 Å². The fourth-order valence-electron chi connectivity index (χ4n) is 11.6. The zero-order valence-electron chi connectivity index (χ0n) is 56.2. The van der Waals surface area contributed by atoms with Crippen molar-refractivity contribution >= 4 is 17.9 Å². The Morgan fingerprint density at radius 2 is 0.470 bits per heavy atom. The van der Waals surface area contributed by atoms with Crippen molar-refractivity contribution in [1.29, 1.82) is 0 Å². The Morgan fingerprint density at radius 1 is 0.253 bits per heavy atom. The minimum atomic E-state index is -0.775. The van der Waals surface area contributed by atoms with Crippen LogP contribution < -0.4 is 0 Å². The van der Waals surface area contributed by atoms with Crippen molar-refractivity contribution in [1.82, 2.24) is 0 Å². The Labute approximate surface area is 518 Å². The maximum Gasteiger partial charge on any atom is 0.306 e. The molecule has 0 aliphatic carbocycles. The highest BCUT2D eigenvalue weighted by atomic mass is 16.6. The summed E-state index contributed by atoms with van der Waals surface area (Å²) in [6.07, 6.45) is 90.5. The van der Waals surface area contributed by atoms with Gasteiger partial charge in [0.05, 0.1) is 0 Å². The molecular weight excluding hydrogens is 1020 g/mol. The van der Waals surface area contributed by atoms with Gasteiger partial charge in [0, 0.05) is 19.3 Å². The third-order valence-corrected chi connectivity index (χ3v) is 17.2. The largest absolute Gasteiger partial charge is 0.462 e. The molecule has 0 aliphatic heterocycles. The molecule has 0 aliphatic rings. The van der Waals surface area contributed by atoms with Crippen LogP contribution in [-0.2, 0) is 28.6 Å². The van der Waals surface area contributed by atoms with Gasteiger partial charge < -0.3 is 14.2 Å². The average Bonchev–Trinajstić information content (AvgIpc) is 3.50. The van der Waals surface area contributed by atoms with E-state index >= 15 is 0 Å². The van der Waals surface area contributed by atoms with Gasteiger partial charge in [0.2, 0.25) is 0 Å². The molecule has 0 aromatic carbocycles. The van der Waals surface area contributed by atoms with E-state index in [1.165, 1.54) is 295 Å². The van der Waals surface area contributed by atoms with Crippen molar-refractivity contribution in [3.63, 3.8) is 0 Å². The van der Waals surface area contributed by atoms with Gasteiger partial charge >= 0.3 is 17.9 Å². The first kappa shape index (κ1) is 80.6. The van der Waals surface area contributed by atoms with Gasteiger partial charge in [-0.3, -0.25) is 14.4 Å². The predicted molar refractivity (Wildman–Crippen MR) is 362 cm³/mol. The fourth-order valence-corrected chi connectivity index (χ4v) is 11.6. The van der Waals surface area contributed by atoms with E-state index in [4.69, 9.17) is 14.2 Å². The van der Waals surface area contributed by atoms with Crippen molar-refractivity contribution in [2.75, 3.05) is 13.2 Å². The van der Waals surface area contributed by atoms with Gasteiger partial charge in [0.15, 0.2) is 6.10 Å². The average molecular weight is 1170 g/mol. The number of esters is 3. The zero-order chi connectivity index (χ0) is 59.9. The molecule has 0 bridgehead atoms. The quantitative estimate of drug-likeness (QED) is 0.0261. The molecule has 0 heterocycles. The molecule has 0 aromatic rings. The third-order valence-electron chi connectivity index (χ3n) is 17.2. The van der Waals surface area contributed by atoms with Crippen LogP contribution in [0.25, 0.3) is 0 Å². The molecule has 1 atom stereocenters. The summed E-state index contributed by atoms with van der Waals surface area (Å²) in [6.45, 7) is 6.62. The van der Waals surface area contributed by atoms with Gasteiger partial charge in [-0.05, 0) is 51.4 Å². The predicted octanol–water partition coefficient (Wildman–Crippen LogP) is 25.9. The van der Waals surface area contributed by atoms with Crippen LogP contribution in [0.5, 0.6) is 0 Å². The summed E-state index contributed by atoms with van der Waals surface area (Å²) in [6, 6.07) is 0. The Balaban J connectivity index is 4.24. The number of carbonyl (C=O) groups is 3. The summed E-state index contributed by atoms with van der Waals surface area (Å²) in [7, 11) is 0. The molecule has 488 valence electrons. The van der Waals surface area contributed by atoms with Gasteiger partial charge in [-0.2, -0.15) is 0 Å². The van der Waals surface area contributed by atoms with Gasteiger partial charge in [-0.25, -0.2) is 0 Å². The van der Waals surface area contributed by atoms with Crippen LogP contribution in [0.3, 0.4) is 0 Å². The van der Waals surface area contributed by atoms with Crippen LogP contribution in [0.2, 0.25) is 0 Å². The van der Waals surface area contributed by atoms with E-state index in [0.29, 0.717) is 19.3 Å². The molecule has 83 heavy (non-hydrogen) atoms. The lowest BCUT2D eigenvalue weighted by molar-refractivity contribution is -0.167. The molecule has 0 fully saturated rings. The third kappa shape index (κ3) is 70.3. The SMILES string of the molecule is CC/C=C\C/C=C\C/C=C\CCCCCCCCCC(=O)OCC(COC(=O)CCCCCCCCCCCCCCCCCCCCCCCCCCCCC)OC(=O)CCCCCCCCCCCCCCCCCCCCCCC. The van der Waals surface area contributed by atoms with Crippen LogP contribution in [0.15, 0.2) is 36.5 Å². The normalized spacial score (nSPS) is 12.2. The number of allylic oxidation sites excluding steroid dienone is 6. The van der Waals surface area contributed by atoms with E-state index in [1.807, 2.05) is 0 Å². The van der Waals surface area contributed by atoms with Gasteiger partial charge in [0.1, 0.15) is 13.2 Å². The summed E-state index contributed by atoms with van der Waals surface area (Å²) in [5.74, 6) is -0.844. The Bertz CT molecular complexity index is 1380. The first-order chi connectivity index (χ1) is 41.0. The molecule has 6 heteroatoms. The number of carbonyl (C=O) groups excluding carboxylic acids is 3. The number of rotatable bonds is 70. The second kappa shape index (κ2) is 72.1. The molecule has 0 spiro atoms. The molecule has 1 unspecified atom stereocenters. The number of hydrogen-bond donors (Lipinski definition) is 0. The van der Waals surface area contributed by atoms with Crippen molar-refractivity contribution in [3.05, 3.63) is 36.5 Å². The first-order valence-corrected chi connectivity index (χ1v) is 37.5. The second-order valence-electron chi connectivity index (χ2n) is 25.5. The van der Waals surface area contributed by atoms with E-state index in [2.05, 4.69) is 57.2 Å². The Morgan fingerprint density at radius 3 is 0.735 bits per heavy atom. The van der Waals surface area contributed by atoms with E-state index < -0.39 is 6.10 Å². The van der Waals surface area contributed by atoms with Crippen molar-refractivity contribution in [2.24, 2.45) is 0 Å². The van der Waals surface area contributed by atoms with Crippen LogP contribution in [0.1, 0.15) is 419 Å². The van der Waals surface area contributed by atoms with E-state index in [0.717, 1.165) is 83.5 Å². The lowest BCUT2D eigenvalue weighted by Crippen LogP contribution is -2.30. The minimum absolute atomic E-state index is 0.0690. The van der Waals surface area contributed by atoms with Crippen molar-refractivity contribution in [3.8, 4) is 0 Å². The molecule has 0 saturated carbocycles. The molecule has 0 N–H and O–H groups in total. The lowest BCUT2D eigenvalue weighted by Gasteiger charge is -2.18. The van der Waals surface area contributed by atoms with Gasteiger partial charge in [-0.1, -0.05) is 385 Å². The highest BCUT2D eigenvalue weighted by Crippen LogP contribution is 2.19. The standard InChI is InChI=1S/C77H144O6/c1-4-7-10-13-16-19-22-25-28-31-33-35-36-37-38-39-40-42-43-46-49-52-55-58-61-64-67-70-76(79)82-73-74(72-81-75(78)69-66-63-60-57-54-51-48-45-30-27-24-21-18-15-12-9-6-3)83-77(80)71-68-65-62-59-56-53-50-47-44-41-34-32-29-26-23-20-17-14-11-8-5-2/h9,12,18,21,27,30,74H,4-8,10-11,13-17,19-20,22-26,28-29,31-73H2,1-3H3/b12-9-,21-18-,30-27-. The molecule has 0 amide bonds. The first-order valence-electron chi connectivity index (χ1n) is 37.5. The monoisotopic (exact) mass is 1170 g/mol. The minimum Gasteiger partial charge on any atom is -0.462 e. The van der Waals surface area contributed by atoms with Crippen molar-refractivity contribution in [2.45, 2.75) is 425 Å². The molecule has 0 rings (SSSR count). The summed E-state index contributed by atoms with van der Waals surface area (Å²) in [5.41, 5.74) is 0. The van der Waals surface area contributed by atoms with Crippen LogP contribution >= 0.6 is 0 Å². The molecule has 0 saturated heterocycles. The molecule has 6 nitrogen and oxygen atoms in total. The number of unbranched alkanes of at least 4 members (excludes halogenated alkanes) is 53. The highest BCUT2D eigenvalue weighted by molar-refractivity contribution is 5.71. The van der Waals surface area contributed by atoms with Crippen LogP contribution in [0.4, 0.5) is 0 Å². The molecule has 0 aromatic heterocycles. The topological polar surface area (TPSA) is 78.9 Å². The molecule has 0 radical (unpaired) electrons. The summed E-state index contributed by atoms with van der Waals surface area (Å²) in [4.78, 5) is 38.5. The van der Waals surface area contributed by atoms with E-state index in [-0.39, 0.29) is 31.1 Å². The van der Waals surface area contributed by atoms with Gasteiger partial charge in [0.25, 0.3) is 0 Å². The summed E-state index contributed by atoms with van der Waals surface area (Å²) >= 11 is 0. The second-order valence-corrected chi connectivity index (χ2v) is 25.5. The van der Waals surface area contributed by atoms with Crippen LogP contribution in [-0.4, -0.2) is 37.2 Å². The van der Waals surface area contributed by atoms with Gasteiger partial charge in [-0.15, -0.1) is 0 Å². The van der Waals surface area contributed by atoms with E-state index in [9.17, 15) is 14.4 Å². The fraction of sp³-hybridized carbons (Fsp3) is 0.883. The molecular formula is C77H144O6. The lowest BCUT2D eigenvalue weighted by atomic mass is 10.0. The zero-order valence-corrected chi connectivity index (χ0v) is 56.2. The maximum atomic E-state index is 13.0. The summed E-state index contributed by atoms with van der Waals surface area (Å²) < 4.78 is 17.0. The smallest absolute Gasteiger partial charge is 0.306 e. The number of hydrogen-bond acceptors (Lipinski definition) is 6. The Kier molecular flexibility index (Phi) is 70.0. The Hall–Kier alpha value is -2.37. The summed E-state index contributed by atoms with van der Waals surface area (Å²) in [5, 5.41) is 0. The van der Waals surface area contributed by atoms with Crippen LogP contribution in [0, 0.1) is 0 Å². The highest BCUT2D eigenvalue weighted by Gasteiger charge is 2.20. The number of ether oxygens (including phenoxy) is 3. The van der Waals surface area contributed by atoms with Crippen molar-refractivity contribution < 1.29 is 28.6 Å². The maximum absolute atomic E-state index is 13.0.